The quantitative estimate of drug-likeness (QED) is 0.150. The van der Waals surface area contributed by atoms with Crippen molar-refractivity contribution in [1.82, 2.24) is 9.88 Å². The summed E-state index contributed by atoms with van der Waals surface area (Å²) in [6, 6.07) is 18.3. The van der Waals surface area contributed by atoms with Crippen LogP contribution < -0.4 is 16.2 Å². The fourth-order valence-corrected chi connectivity index (χ4v) is 5.03. The molecule has 0 spiro atoms. The summed E-state index contributed by atoms with van der Waals surface area (Å²) in [5.74, 6) is -1.24. The maximum absolute atomic E-state index is 12.6. The average molecular weight is 629 g/mol. The smallest absolute Gasteiger partial charge is 0.411 e. The third-order valence-electron chi connectivity index (χ3n) is 7.25. The molecule has 0 fully saturated rings. The Hall–Kier alpha value is -5.32. The van der Waals surface area contributed by atoms with Crippen LogP contribution in [-0.4, -0.2) is 52.4 Å². The van der Waals surface area contributed by atoms with Gasteiger partial charge in [0.2, 0.25) is 0 Å². The van der Waals surface area contributed by atoms with Crippen molar-refractivity contribution >= 4 is 40.3 Å². The third-order valence-corrected chi connectivity index (χ3v) is 7.25. The first kappa shape index (κ1) is 33.6. The summed E-state index contributed by atoms with van der Waals surface area (Å²) in [5, 5.41) is 17.0. The van der Waals surface area contributed by atoms with Crippen LogP contribution >= 0.6 is 0 Å². The summed E-state index contributed by atoms with van der Waals surface area (Å²) >= 11 is 0. The van der Waals surface area contributed by atoms with Crippen molar-refractivity contribution in [2.24, 2.45) is 0 Å². The second-order valence-electron chi connectivity index (χ2n) is 12.3. The van der Waals surface area contributed by atoms with Gasteiger partial charge in [-0.05, 0) is 85.7 Å². The van der Waals surface area contributed by atoms with Crippen molar-refractivity contribution in [2.45, 2.75) is 58.7 Å². The number of hydrogen-bond donors (Lipinski definition) is 4. The largest absolute Gasteiger partial charge is 0.479 e. The number of aryl methyl sites for hydroxylation is 1. The fourth-order valence-electron chi connectivity index (χ4n) is 5.03. The normalized spacial score (nSPS) is 12.6. The van der Waals surface area contributed by atoms with Gasteiger partial charge < -0.3 is 29.8 Å². The summed E-state index contributed by atoms with van der Waals surface area (Å²) in [6.07, 6.45) is 0.499. The topological polar surface area (TPSA) is 150 Å². The molecule has 3 aromatic carbocycles. The lowest BCUT2D eigenvalue weighted by molar-refractivity contribution is -0.138. The zero-order chi connectivity index (χ0) is 33.6. The van der Waals surface area contributed by atoms with Gasteiger partial charge in [0.05, 0.1) is 6.61 Å². The van der Waals surface area contributed by atoms with Gasteiger partial charge in [0.1, 0.15) is 5.60 Å². The average Bonchev–Trinajstić information content (AvgIpc) is 2.98. The Morgan fingerprint density at radius 3 is 2.46 bits per heavy atom. The summed E-state index contributed by atoms with van der Waals surface area (Å²) in [5.41, 5.74) is 3.27. The van der Waals surface area contributed by atoms with Crippen molar-refractivity contribution in [3.05, 3.63) is 106 Å². The number of aliphatic carboxylic acids is 1. The van der Waals surface area contributed by atoms with Crippen LogP contribution in [0.2, 0.25) is 0 Å². The summed E-state index contributed by atoms with van der Waals surface area (Å²) in [6.45, 7) is 9.60. The summed E-state index contributed by atoms with van der Waals surface area (Å²) in [7, 11) is 1.64. The van der Waals surface area contributed by atoms with Crippen LogP contribution in [0.25, 0.3) is 10.8 Å². The van der Waals surface area contributed by atoms with Crippen molar-refractivity contribution < 1.29 is 29.0 Å². The Morgan fingerprint density at radius 1 is 1.00 bits per heavy atom. The molecule has 11 nitrogen and oxygen atoms in total. The number of hydrogen-bond acceptors (Lipinski definition) is 7. The lowest BCUT2D eigenvalue weighted by Crippen LogP contribution is -2.33. The van der Waals surface area contributed by atoms with Crippen LogP contribution in [0.4, 0.5) is 21.0 Å². The number of fused-ring (bicyclic) bond motifs is 1. The fraction of sp³-hybridized carbons (Fsp3) is 0.314. The summed E-state index contributed by atoms with van der Waals surface area (Å²) in [4.78, 5) is 53.4. The van der Waals surface area contributed by atoms with Crippen LogP contribution in [0.1, 0.15) is 61.9 Å². The van der Waals surface area contributed by atoms with E-state index in [2.05, 4.69) is 15.6 Å². The van der Waals surface area contributed by atoms with E-state index in [1.165, 1.54) is 4.90 Å². The molecule has 2 atom stereocenters. The van der Waals surface area contributed by atoms with E-state index in [1.54, 1.807) is 88.6 Å². The minimum atomic E-state index is -1.07. The zero-order valence-electron chi connectivity index (χ0n) is 26.8. The molecular formula is C35H40N4O7. The number of nitrogens with one attached hydrogen (secondary N) is 3. The molecule has 0 saturated heterocycles. The van der Waals surface area contributed by atoms with Crippen LogP contribution in [0, 0.1) is 6.92 Å². The van der Waals surface area contributed by atoms with Gasteiger partial charge in [-0.25, -0.2) is 14.4 Å². The molecule has 46 heavy (non-hydrogen) atoms. The molecule has 4 rings (SSSR count). The molecule has 1 heterocycles. The number of H-pyrrole nitrogens is 1. The Labute approximate surface area is 267 Å². The van der Waals surface area contributed by atoms with Crippen LogP contribution in [0.15, 0.2) is 77.7 Å². The van der Waals surface area contributed by atoms with E-state index in [4.69, 9.17) is 9.47 Å². The Morgan fingerprint density at radius 2 is 1.76 bits per heavy atom. The van der Waals surface area contributed by atoms with E-state index in [1.807, 2.05) is 26.0 Å². The first-order valence-electron chi connectivity index (χ1n) is 14.9. The molecule has 11 heteroatoms. The number of benzene rings is 3. The lowest BCUT2D eigenvalue weighted by atomic mass is 9.93. The number of carbonyl (C=O) groups excluding carboxylic acids is 2. The molecule has 0 aliphatic heterocycles. The van der Waals surface area contributed by atoms with Crippen molar-refractivity contribution in [2.75, 3.05) is 24.3 Å². The van der Waals surface area contributed by atoms with Gasteiger partial charge in [0.25, 0.3) is 5.56 Å². The highest BCUT2D eigenvalue weighted by atomic mass is 16.6. The number of carboxylic acid groups (broad SMARTS) is 1. The number of amides is 2. The first-order valence-corrected chi connectivity index (χ1v) is 14.9. The van der Waals surface area contributed by atoms with Crippen molar-refractivity contribution in [3.63, 3.8) is 0 Å². The monoisotopic (exact) mass is 628 g/mol. The standard InChI is InChI=1S/C35H40N4O7/c1-21-16-25(30(32(41)42)37-27-12-10-24-14-15-36-31(40)29(24)18-27)11-13-28(21)22(2)20-45-33(43)38-26-9-7-8-23(17-26)19-39(6)34(44)46-35(3,4)5/h7-18,22,30,37H,19-20H2,1-6H3,(H,36,40)(H,38,43)(H,41,42)/t22-,30?/m0/s1. The minimum Gasteiger partial charge on any atom is -0.479 e. The van der Waals surface area contributed by atoms with Gasteiger partial charge in [-0.2, -0.15) is 0 Å². The van der Waals surface area contributed by atoms with E-state index in [0.717, 1.165) is 22.1 Å². The number of aromatic nitrogens is 1. The number of rotatable bonds is 10. The van der Waals surface area contributed by atoms with Gasteiger partial charge in [0.15, 0.2) is 6.04 Å². The maximum atomic E-state index is 12.6. The van der Waals surface area contributed by atoms with Crippen molar-refractivity contribution in [3.8, 4) is 0 Å². The molecule has 0 bridgehead atoms. The van der Waals surface area contributed by atoms with Gasteiger partial charge in [0, 0.05) is 42.5 Å². The van der Waals surface area contributed by atoms with Gasteiger partial charge >= 0.3 is 18.2 Å². The molecule has 2 amide bonds. The highest BCUT2D eigenvalue weighted by Gasteiger charge is 2.22. The molecule has 1 unspecified atom stereocenters. The zero-order valence-corrected chi connectivity index (χ0v) is 26.8. The minimum absolute atomic E-state index is 0.0966. The highest BCUT2D eigenvalue weighted by molar-refractivity contribution is 5.87. The predicted molar refractivity (Wildman–Crippen MR) is 177 cm³/mol. The molecule has 1 aromatic heterocycles. The van der Waals surface area contributed by atoms with Crippen LogP contribution in [0.3, 0.4) is 0 Å². The van der Waals surface area contributed by atoms with Gasteiger partial charge in [-0.3, -0.25) is 10.1 Å². The second kappa shape index (κ2) is 14.2. The molecule has 242 valence electrons. The van der Waals surface area contributed by atoms with E-state index in [-0.39, 0.29) is 18.1 Å². The van der Waals surface area contributed by atoms with E-state index in [9.17, 15) is 24.3 Å². The van der Waals surface area contributed by atoms with Gasteiger partial charge in [-0.1, -0.05) is 43.3 Å². The maximum Gasteiger partial charge on any atom is 0.411 e. The number of aromatic amines is 1. The molecule has 4 aromatic rings. The third kappa shape index (κ3) is 8.87. The van der Waals surface area contributed by atoms with E-state index < -0.39 is 29.8 Å². The SMILES string of the molecule is Cc1cc(C(Nc2ccc3cc[nH]c(=O)c3c2)C(=O)O)ccc1[C@@H](C)COC(=O)Nc1cccc(CN(C)C(=O)OC(C)(C)C)c1. The number of carboxylic acids is 1. The number of anilines is 2. The molecule has 4 N–H and O–H groups in total. The second-order valence-corrected chi connectivity index (χ2v) is 12.3. The van der Waals surface area contributed by atoms with E-state index >= 15 is 0 Å². The predicted octanol–water partition coefficient (Wildman–Crippen LogP) is 6.79. The van der Waals surface area contributed by atoms with Crippen LogP contribution in [-0.2, 0) is 20.8 Å². The number of ether oxygens (including phenoxy) is 2. The van der Waals surface area contributed by atoms with Gasteiger partial charge in [-0.15, -0.1) is 0 Å². The molecule has 0 saturated carbocycles. The lowest BCUT2D eigenvalue weighted by Gasteiger charge is -2.24. The Bertz CT molecular complexity index is 1790. The van der Waals surface area contributed by atoms with E-state index in [0.29, 0.717) is 28.9 Å². The number of nitrogens with zero attached hydrogens (tertiary/aromatic N) is 1. The highest BCUT2D eigenvalue weighted by Crippen LogP contribution is 2.27. The van der Waals surface area contributed by atoms with Crippen molar-refractivity contribution in [1.29, 1.82) is 0 Å². The molecule has 0 radical (unpaired) electrons. The first-order chi connectivity index (χ1) is 21.7. The van der Waals surface area contributed by atoms with Crippen LogP contribution in [0.5, 0.6) is 0 Å². The molecular weight excluding hydrogens is 588 g/mol. The summed E-state index contributed by atoms with van der Waals surface area (Å²) < 4.78 is 10.9. The number of pyridine rings is 1. The molecule has 0 aliphatic rings. The Balaban J connectivity index is 1.35. The molecule has 0 aliphatic carbocycles. The number of carbonyl (C=O) groups is 3. The Kier molecular flexibility index (Phi) is 10.4.